The molecule has 8 heteroatoms. The molecular weight excluding hydrogens is 418 g/mol. The van der Waals surface area contributed by atoms with Gasteiger partial charge in [0.1, 0.15) is 5.76 Å². The molecule has 2 aromatic heterocycles. The second kappa shape index (κ2) is 8.99. The van der Waals surface area contributed by atoms with Crippen molar-refractivity contribution in [1.29, 1.82) is 0 Å². The number of rotatable bonds is 5. The summed E-state index contributed by atoms with van der Waals surface area (Å²) < 4.78 is 6.55. The third-order valence-electron chi connectivity index (χ3n) is 5.97. The molecule has 2 aromatic carbocycles. The van der Waals surface area contributed by atoms with Crippen molar-refractivity contribution in [3.8, 4) is 0 Å². The van der Waals surface area contributed by atoms with Crippen LogP contribution in [0, 0.1) is 6.92 Å². The van der Waals surface area contributed by atoms with Crippen molar-refractivity contribution >= 4 is 16.7 Å². The van der Waals surface area contributed by atoms with Crippen LogP contribution in [0.5, 0.6) is 0 Å². The topological polar surface area (TPSA) is 84.5 Å². The van der Waals surface area contributed by atoms with Crippen LogP contribution in [0.4, 0.5) is 0 Å². The van der Waals surface area contributed by atoms with Gasteiger partial charge in [-0.05, 0) is 18.6 Å². The lowest BCUT2D eigenvalue weighted by Gasteiger charge is -2.34. The molecule has 4 aromatic rings. The maximum Gasteiger partial charge on any atom is 0.275 e. The smallest absolute Gasteiger partial charge is 0.275 e. The number of benzene rings is 2. The van der Waals surface area contributed by atoms with Gasteiger partial charge >= 0.3 is 0 Å². The van der Waals surface area contributed by atoms with E-state index in [4.69, 9.17) is 4.52 Å². The maximum absolute atomic E-state index is 13.5. The largest absolute Gasteiger partial charge is 0.361 e. The predicted molar refractivity (Wildman–Crippen MR) is 124 cm³/mol. The number of carbonyl (C=O) groups is 1. The lowest BCUT2D eigenvalue weighted by molar-refractivity contribution is 0.0619. The van der Waals surface area contributed by atoms with Crippen molar-refractivity contribution < 1.29 is 9.32 Å². The van der Waals surface area contributed by atoms with Crippen LogP contribution in [0.15, 0.2) is 70.0 Å². The Bertz CT molecular complexity index is 1340. The SMILES string of the molecule is Cc1cc(CN2CCN(C(=O)c3nn(Cc4ccccc4)c(=O)c4ccccc34)CC2)no1. The van der Waals surface area contributed by atoms with Crippen molar-refractivity contribution in [3.05, 3.63) is 93.7 Å². The quantitative estimate of drug-likeness (QED) is 0.472. The fourth-order valence-corrected chi connectivity index (χ4v) is 4.24. The van der Waals surface area contributed by atoms with E-state index >= 15 is 0 Å². The first-order chi connectivity index (χ1) is 16.1. The molecule has 0 aliphatic carbocycles. The molecular formula is C25H25N5O3. The Kier molecular flexibility index (Phi) is 5.75. The highest BCUT2D eigenvalue weighted by atomic mass is 16.5. The van der Waals surface area contributed by atoms with Crippen LogP contribution >= 0.6 is 0 Å². The number of nitrogens with zero attached hydrogens (tertiary/aromatic N) is 5. The van der Waals surface area contributed by atoms with Crippen LogP contribution in [-0.4, -0.2) is 56.8 Å². The van der Waals surface area contributed by atoms with Gasteiger partial charge in [0.05, 0.1) is 17.6 Å². The average Bonchev–Trinajstić information content (AvgIpc) is 3.26. The Labute approximate surface area is 191 Å². The van der Waals surface area contributed by atoms with E-state index < -0.39 is 0 Å². The van der Waals surface area contributed by atoms with Gasteiger partial charge in [-0.15, -0.1) is 0 Å². The monoisotopic (exact) mass is 443 g/mol. The van der Waals surface area contributed by atoms with Gasteiger partial charge in [-0.1, -0.05) is 53.7 Å². The number of hydrogen-bond acceptors (Lipinski definition) is 6. The molecule has 0 atom stereocenters. The molecule has 0 saturated carbocycles. The minimum atomic E-state index is -0.196. The van der Waals surface area contributed by atoms with Crippen LogP contribution in [0.25, 0.3) is 10.8 Å². The van der Waals surface area contributed by atoms with Crippen LogP contribution in [0.2, 0.25) is 0 Å². The molecule has 33 heavy (non-hydrogen) atoms. The van der Waals surface area contributed by atoms with Gasteiger partial charge in [0.25, 0.3) is 11.5 Å². The lowest BCUT2D eigenvalue weighted by atomic mass is 10.1. The Morgan fingerprint density at radius 3 is 2.33 bits per heavy atom. The lowest BCUT2D eigenvalue weighted by Crippen LogP contribution is -2.48. The minimum Gasteiger partial charge on any atom is -0.361 e. The Balaban J connectivity index is 1.39. The third-order valence-corrected chi connectivity index (χ3v) is 5.97. The summed E-state index contributed by atoms with van der Waals surface area (Å²) in [5, 5.41) is 9.70. The summed E-state index contributed by atoms with van der Waals surface area (Å²) in [7, 11) is 0. The molecule has 3 heterocycles. The standard InChI is InChI=1S/C25H25N5O3/c1-18-15-20(27-33-18)17-28-11-13-29(14-12-28)25(32)23-21-9-5-6-10-22(21)24(31)30(26-23)16-19-7-3-2-4-8-19/h2-10,15H,11-14,16-17H2,1H3. The first kappa shape index (κ1) is 21.1. The fraction of sp³-hybridized carbons (Fsp3) is 0.280. The van der Waals surface area contributed by atoms with E-state index in [1.165, 1.54) is 4.68 Å². The number of carbonyl (C=O) groups excluding carboxylic acids is 1. The summed E-state index contributed by atoms with van der Waals surface area (Å²) in [6, 6.07) is 18.8. The van der Waals surface area contributed by atoms with Gasteiger partial charge in [-0.25, -0.2) is 4.68 Å². The molecule has 1 aliphatic rings. The molecule has 0 spiro atoms. The molecule has 5 rings (SSSR count). The first-order valence-corrected chi connectivity index (χ1v) is 11.1. The summed E-state index contributed by atoms with van der Waals surface area (Å²) in [4.78, 5) is 30.6. The molecule has 1 fully saturated rings. The van der Waals surface area contributed by atoms with Crippen molar-refractivity contribution in [2.45, 2.75) is 20.0 Å². The Hall–Kier alpha value is -3.78. The van der Waals surface area contributed by atoms with Gasteiger partial charge in [-0.3, -0.25) is 14.5 Å². The molecule has 1 amide bonds. The van der Waals surface area contributed by atoms with E-state index in [0.717, 1.165) is 30.1 Å². The highest BCUT2D eigenvalue weighted by Gasteiger charge is 2.26. The van der Waals surface area contributed by atoms with E-state index in [2.05, 4.69) is 15.2 Å². The molecule has 168 valence electrons. The number of amides is 1. The van der Waals surface area contributed by atoms with Gasteiger partial charge in [0, 0.05) is 44.2 Å². The summed E-state index contributed by atoms with van der Waals surface area (Å²) in [5.74, 6) is 0.646. The van der Waals surface area contributed by atoms with Crippen LogP contribution < -0.4 is 5.56 Å². The molecule has 0 unspecified atom stereocenters. The zero-order valence-corrected chi connectivity index (χ0v) is 18.5. The van der Waals surface area contributed by atoms with E-state index in [-0.39, 0.29) is 11.5 Å². The minimum absolute atomic E-state index is 0.148. The summed E-state index contributed by atoms with van der Waals surface area (Å²) in [6.07, 6.45) is 0. The Morgan fingerprint density at radius 2 is 1.64 bits per heavy atom. The third kappa shape index (κ3) is 4.42. The molecule has 1 aliphatic heterocycles. The van der Waals surface area contributed by atoms with Crippen LogP contribution in [-0.2, 0) is 13.1 Å². The van der Waals surface area contributed by atoms with Crippen molar-refractivity contribution in [1.82, 2.24) is 24.7 Å². The van der Waals surface area contributed by atoms with Gasteiger partial charge in [-0.2, -0.15) is 5.10 Å². The summed E-state index contributed by atoms with van der Waals surface area (Å²) >= 11 is 0. The number of aromatic nitrogens is 3. The first-order valence-electron chi connectivity index (χ1n) is 11.1. The van der Waals surface area contributed by atoms with Crippen LogP contribution in [0.3, 0.4) is 0 Å². The summed E-state index contributed by atoms with van der Waals surface area (Å²) in [6.45, 7) is 5.53. The fourth-order valence-electron chi connectivity index (χ4n) is 4.24. The van der Waals surface area contributed by atoms with Crippen molar-refractivity contribution in [3.63, 3.8) is 0 Å². The molecule has 8 nitrogen and oxygen atoms in total. The number of piperazine rings is 1. The van der Waals surface area contributed by atoms with Gasteiger partial charge in [0.2, 0.25) is 0 Å². The molecule has 0 N–H and O–H groups in total. The van der Waals surface area contributed by atoms with Crippen molar-refractivity contribution in [2.75, 3.05) is 26.2 Å². The predicted octanol–water partition coefficient (Wildman–Crippen LogP) is 2.70. The van der Waals surface area contributed by atoms with E-state index in [0.29, 0.717) is 42.6 Å². The molecule has 1 saturated heterocycles. The number of aryl methyl sites for hydroxylation is 1. The van der Waals surface area contributed by atoms with Crippen LogP contribution in [0.1, 0.15) is 27.5 Å². The Morgan fingerprint density at radius 1 is 0.939 bits per heavy atom. The van der Waals surface area contributed by atoms with Gasteiger partial charge in [0.15, 0.2) is 5.69 Å². The number of hydrogen-bond donors (Lipinski definition) is 0. The number of fused-ring (bicyclic) bond motifs is 1. The second-order valence-corrected chi connectivity index (χ2v) is 8.34. The molecule has 0 bridgehead atoms. The van der Waals surface area contributed by atoms with Crippen molar-refractivity contribution in [2.24, 2.45) is 0 Å². The van der Waals surface area contributed by atoms with E-state index in [1.54, 1.807) is 12.1 Å². The molecule has 0 radical (unpaired) electrons. The van der Waals surface area contributed by atoms with E-state index in [9.17, 15) is 9.59 Å². The maximum atomic E-state index is 13.5. The van der Waals surface area contributed by atoms with E-state index in [1.807, 2.05) is 60.4 Å². The zero-order valence-electron chi connectivity index (χ0n) is 18.5. The zero-order chi connectivity index (χ0) is 22.8. The normalized spacial score (nSPS) is 14.6. The second-order valence-electron chi connectivity index (χ2n) is 8.34. The van der Waals surface area contributed by atoms with Gasteiger partial charge < -0.3 is 9.42 Å². The average molecular weight is 444 g/mol. The summed E-state index contributed by atoms with van der Waals surface area (Å²) in [5.41, 5.74) is 1.98. The highest BCUT2D eigenvalue weighted by molar-refractivity contribution is 6.04. The highest BCUT2D eigenvalue weighted by Crippen LogP contribution is 2.17.